The highest BCUT2D eigenvalue weighted by molar-refractivity contribution is 6.35. The van der Waals surface area contributed by atoms with Gasteiger partial charge in [0.2, 0.25) is 0 Å². The van der Waals surface area contributed by atoms with Gasteiger partial charge in [-0.3, -0.25) is 0 Å². The standard InChI is InChI=1S/C16H19Cl2N3/c17-14-2-1-12(15(18)9-14)5-8-21-11-20-10-16(21)13-3-6-19-7-4-13/h1-2,9-11,13,19H,3-8H2. The van der Waals surface area contributed by atoms with Crippen molar-refractivity contribution in [3.8, 4) is 0 Å². The zero-order valence-corrected chi connectivity index (χ0v) is 13.4. The van der Waals surface area contributed by atoms with E-state index >= 15 is 0 Å². The molecule has 3 nitrogen and oxygen atoms in total. The van der Waals surface area contributed by atoms with Crippen molar-refractivity contribution in [2.24, 2.45) is 0 Å². The second-order valence-corrected chi connectivity index (χ2v) is 6.37. The fraction of sp³-hybridized carbons (Fsp3) is 0.438. The topological polar surface area (TPSA) is 29.9 Å². The highest BCUT2D eigenvalue weighted by Gasteiger charge is 2.18. The predicted molar refractivity (Wildman–Crippen MR) is 87.2 cm³/mol. The Morgan fingerprint density at radius 1 is 1.24 bits per heavy atom. The van der Waals surface area contributed by atoms with Crippen LogP contribution in [0.4, 0.5) is 0 Å². The van der Waals surface area contributed by atoms with Crippen molar-refractivity contribution in [1.82, 2.24) is 14.9 Å². The van der Waals surface area contributed by atoms with Crippen molar-refractivity contribution in [3.63, 3.8) is 0 Å². The lowest BCUT2D eigenvalue weighted by Crippen LogP contribution is -2.27. The highest BCUT2D eigenvalue weighted by atomic mass is 35.5. The third kappa shape index (κ3) is 3.60. The first-order valence-electron chi connectivity index (χ1n) is 7.38. The van der Waals surface area contributed by atoms with Gasteiger partial charge in [-0.1, -0.05) is 29.3 Å². The molecule has 112 valence electrons. The Bertz CT molecular complexity index is 603. The molecular weight excluding hydrogens is 305 g/mol. The molecule has 1 aliphatic heterocycles. The Balaban J connectivity index is 1.69. The van der Waals surface area contributed by atoms with Crippen molar-refractivity contribution in [1.29, 1.82) is 0 Å². The molecule has 0 bridgehead atoms. The van der Waals surface area contributed by atoms with Crippen molar-refractivity contribution in [2.75, 3.05) is 13.1 Å². The molecule has 1 N–H and O–H groups in total. The lowest BCUT2D eigenvalue weighted by molar-refractivity contribution is 0.438. The zero-order chi connectivity index (χ0) is 14.7. The molecule has 0 atom stereocenters. The molecule has 0 amide bonds. The van der Waals surface area contributed by atoms with E-state index in [9.17, 15) is 0 Å². The molecule has 0 radical (unpaired) electrons. The lowest BCUT2D eigenvalue weighted by atomic mass is 9.95. The van der Waals surface area contributed by atoms with E-state index < -0.39 is 0 Å². The van der Waals surface area contributed by atoms with Crippen LogP contribution < -0.4 is 5.32 Å². The number of halogens is 2. The fourth-order valence-corrected chi connectivity index (χ4v) is 3.44. The molecular formula is C16H19Cl2N3. The molecule has 0 unspecified atom stereocenters. The van der Waals surface area contributed by atoms with Crippen LogP contribution in [0.15, 0.2) is 30.7 Å². The summed E-state index contributed by atoms with van der Waals surface area (Å²) in [7, 11) is 0. The van der Waals surface area contributed by atoms with Gasteiger partial charge in [0.05, 0.1) is 6.33 Å². The molecule has 1 aliphatic rings. The summed E-state index contributed by atoms with van der Waals surface area (Å²) >= 11 is 12.2. The van der Waals surface area contributed by atoms with Crippen molar-refractivity contribution in [3.05, 3.63) is 52.0 Å². The van der Waals surface area contributed by atoms with Crippen LogP contribution in [0, 0.1) is 0 Å². The Morgan fingerprint density at radius 3 is 2.81 bits per heavy atom. The smallest absolute Gasteiger partial charge is 0.0948 e. The summed E-state index contributed by atoms with van der Waals surface area (Å²) in [6.07, 6.45) is 7.21. The van der Waals surface area contributed by atoms with Crippen LogP contribution in [-0.2, 0) is 13.0 Å². The van der Waals surface area contributed by atoms with Crippen molar-refractivity contribution >= 4 is 23.2 Å². The molecule has 1 aromatic carbocycles. The number of piperidine rings is 1. The van der Waals surface area contributed by atoms with Gasteiger partial charge in [0, 0.05) is 34.4 Å². The van der Waals surface area contributed by atoms with Gasteiger partial charge in [-0.25, -0.2) is 4.98 Å². The number of benzene rings is 1. The Hall–Kier alpha value is -1.03. The maximum Gasteiger partial charge on any atom is 0.0948 e. The summed E-state index contributed by atoms with van der Waals surface area (Å²) < 4.78 is 2.26. The number of rotatable bonds is 4. The molecule has 21 heavy (non-hydrogen) atoms. The molecule has 5 heteroatoms. The summed E-state index contributed by atoms with van der Waals surface area (Å²) in [4.78, 5) is 4.33. The molecule has 0 aliphatic carbocycles. The van der Waals surface area contributed by atoms with Crippen molar-refractivity contribution in [2.45, 2.75) is 31.7 Å². The molecule has 1 aromatic heterocycles. The molecule has 1 fully saturated rings. The third-order valence-corrected chi connectivity index (χ3v) is 4.73. The van der Waals surface area contributed by atoms with Crippen LogP contribution in [0.3, 0.4) is 0 Å². The minimum absolute atomic E-state index is 0.620. The van der Waals surface area contributed by atoms with E-state index in [1.807, 2.05) is 24.7 Å². The summed E-state index contributed by atoms with van der Waals surface area (Å²) in [5.74, 6) is 0.620. The first kappa shape index (κ1) is 14.9. The van der Waals surface area contributed by atoms with E-state index in [1.165, 1.54) is 18.5 Å². The first-order chi connectivity index (χ1) is 10.2. The van der Waals surface area contributed by atoms with E-state index in [2.05, 4.69) is 14.9 Å². The quantitative estimate of drug-likeness (QED) is 0.924. The molecule has 2 heterocycles. The summed E-state index contributed by atoms with van der Waals surface area (Å²) in [6.45, 7) is 3.10. The van der Waals surface area contributed by atoms with E-state index in [-0.39, 0.29) is 0 Å². The molecule has 1 saturated heterocycles. The maximum atomic E-state index is 6.24. The number of aryl methyl sites for hydroxylation is 2. The first-order valence-corrected chi connectivity index (χ1v) is 8.14. The van der Waals surface area contributed by atoms with Gasteiger partial charge in [0.15, 0.2) is 0 Å². The lowest BCUT2D eigenvalue weighted by Gasteiger charge is -2.23. The molecule has 3 rings (SSSR count). The molecule has 0 spiro atoms. The van der Waals surface area contributed by atoms with Crippen LogP contribution in [0.2, 0.25) is 10.0 Å². The van der Waals surface area contributed by atoms with Crippen LogP contribution >= 0.6 is 23.2 Å². The van der Waals surface area contributed by atoms with Gasteiger partial charge in [-0.05, 0) is 50.0 Å². The van der Waals surface area contributed by atoms with Gasteiger partial charge in [0.1, 0.15) is 0 Å². The van der Waals surface area contributed by atoms with Gasteiger partial charge in [-0.15, -0.1) is 0 Å². The summed E-state index contributed by atoms with van der Waals surface area (Å²) in [6, 6.07) is 5.70. The van der Waals surface area contributed by atoms with Crippen LogP contribution in [-0.4, -0.2) is 22.6 Å². The molecule has 0 saturated carbocycles. The van der Waals surface area contributed by atoms with E-state index in [1.54, 1.807) is 6.07 Å². The largest absolute Gasteiger partial charge is 0.334 e. The summed E-state index contributed by atoms with van der Waals surface area (Å²) in [5, 5.41) is 4.83. The number of imidazole rings is 1. The van der Waals surface area contributed by atoms with E-state index in [4.69, 9.17) is 23.2 Å². The van der Waals surface area contributed by atoms with Gasteiger partial charge >= 0.3 is 0 Å². The predicted octanol–water partition coefficient (Wildman–Crippen LogP) is 3.90. The number of hydrogen-bond acceptors (Lipinski definition) is 2. The number of nitrogens with zero attached hydrogens (tertiary/aromatic N) is 2. The van der Waals surface area contributed by atoms with E-state index in [0.29, 0.717) is 10.9 Å². The average Bonchev–Trinajstić information content (AvgIpc) is 2.96. The maximum absolute atomic E-state index is 6.24. The third-order valence-electron chi connectivity index (χ3n) is 4.14. The average molecular weight is 324 g/mol. The minimum atomic E-state index is 0.620. The zero-order valence-electron chi connectivity index (χ0n) is 11.9. The minimum Gasteiger partial charge on any atom is -0.334 e. The van der Waals surface area contributed by atoms with Crippen LogP contribution in [0.25, 0.3) is 0 Å². The second kappa shape index (κ2) is 6.82. The number of nitrogens with one attached hydrogen (secondary N) is 1. The SMILES string of the molecule is Clc1ccc(CCn2cncc2C2CCNCC2)c(Cl)c1. The number of aromatic nitrogens is 2. The second-order valence-electron chi connectivity index (χ2n) is 5.52. The van der Waals surface area contributed by atoms with E-state index in [0.717, 1.165) is 36.6 Å². The Morgan fingerprint density at radius 2 is 2.05 bits per heavy atom. The van der Waals surface area contributed by atoms with Crippen molar-refractivity contribution < 1.29 is 0 Å². The Kier molecular flexibility index (Phi) is 4.84. The van der Waals surface area contributed by atoms with Crippen LogP contribution in [0.1, 0.15) is 30.0 Å². The summed E-state index contributed by atoms with van der Waals surface area (Å²) in [5.41, 5.74) is 2.48. The molecule has 2 aromatic rings. The number of hydrogen-bond donors (Lipinski definition) is 1. The van der Waals surface area contributed by atoms with Gasteiger partial charge < -0.3 is 9.88 Å². The normalized spacial score (nSPS) is 16.3. The van der Waals surface area contributed by atoms with Crippen LogP contribution in [0.5, 0.6) is 0 Å². The highest BCUT2D eigenvalue weighted by Crippen LogP contribution is 2.26. The Labute approximate surface area is 135 Å². The van der Waals surface area contributed by atoms with Gasteiger partial charge in [0.25, 0.3) is 0 Å². The fourth-order valence-electron chi connectivity index (χ4n) is 2.94. The monoisotopic (exact) mass is 323 g/mol. The van der Waals surface area contributed by atoms with Gasteiger partial charge in [-0.2, -0.15) is 0 Å².